The maximum atomic E-state index is 5.86. The maximum absolute atomic E-state index is 5.86. The van der Waals surface area contributed by atoms with Gasteiger partial charge in [-0.2, -0.15) is 0 Å². The molecule has 0 radical (unpaired) electrons. The van der Waals surface area contributed by atoms with Crippen LogP contribution in [0.5, 0.6) is 0 Å². The monoisotopic (exact) mass is 378 g/mol. The number of halogens is 1. The van der Waals surface area contributed by atoms with Crippen LogP contribution in [0, 0.1) is 6.92 Å². The fourth-order valence-corrected chi connectivity index (χ4v) is 2.69. The van der Waals surface area contributed by atoms with Crippen molar-refractivity contribution in [2.45, 2.75) is 32.6 Å². The van der Waals surface area contributed by atoms with Gasteiger partial charge in [0.2, 0.25) is 0 Å². The normalized spacial score (nSPS) is 11.7. The third-order valence-electron chi connectivity index (χ3n) is 3.49. The second kappa shape index (κ2) is 9.29. The van der Waals surface area contributed by atoms with Gasteiger partial charge in [-0.1, -0.05) is 0 Å². The van der Waals surface area contributed by atoms with E-state index in [9.17, 15) is 0 Å². The van der Waals surface area contributed by atoms with Crippen molar-refractivity contribution in [2.75, 3.05) is 13.1 Å². The lowest BCUT2D eigenvalue weighted by Crippen LogP contribution is -2.32. The Hall–Kier alpha value is -1.89. The first-order valence-electron chi connectivity index (χ1n) is 7.77. The molecule has 124 valence electrons. The Bertz CT molecular complexity index is 624. The summed E-state index contributed by atoms with van der Waals surface area (Å²) in [6, 6.07) is 2.09. The van der Waals surface area contributed by atoms with Crippen LogP contribution >= 0.6 is 15.9 Å². The van der Waals surface area contributed by atoms with Gasteiger partial charge in [-0.15, -0.1) is 0 Å². The number of hydrogen-bond donors (Lipinski definition) is 3. The van der Waals surface area contributed by atoms with Crippen molar-refractivity contribution < 1.29 is 0 Å². The van der Waals surface area contributed by atoms with E-state index in [2.05, 4.69) is 54.2 Å². The molecule has 0 aliphatic carbocycles. The minimum absolute atomic E-state index is 0.509. The lowest BCUT2D eigenvalue weighted by molar-refractivity contribution is 0.743. The molecule has 0 saturated carbocycles. The molecule has 0 amide bonds. The SMILES string of the molecule is Cc1cc(Br)cnc1CCCNC(N)=NCCCc1cnc[nH]1. The number of imidazole rings is 1. The van der Waals surface area contributed by atoms with Gasteiger partial charge in [-0.25, -0.2) is 4.98 Å². The summed E-state index contributed by atoms with van der Waals surface area (Å²) in [7, 11) is 0. The van der Waals surface area contributed by atoms with Crippen molar-refractivity contribution in [3.05, 3.63) is 46.2 Å². The fraction of sp³-hybridized carbons (Fsp3) is 0.438. The third kappa shape index (κ3) is 6.40. The van der Waals surface area contributed by atoms with E-state index in [1.54, 1.807) is 6.33 Å². The molecular weight excluding hydrogens is 356 g/mol. The molecule has 0 aliphatic heterocycles. The van der Waals surface area contributed by atoms with Crippen LogP contribution < -0.4 is 11.1 Å². The van der Waals surface area contributed by atoms with Gasteiger partial charge < -0.3 is 16.0 Å². The largest absolute Gasteiger partial charge is 0.370 e. The highest BCUT2D eigenvalue weighted by molar-refractivity contribution is 9.10. The zero-order valence-electron chi connectivity index (χ0n) is 13.3. The van der Waals surface area contributed by atoms with Crippen LogP contribution in [0.3, 0.4) is 0 Å². The van der Waals surface area contributed by atoms with E-state index in [1.807, 2.05) is 12.4 Å². The lowest BCUT2D eigenvalue weighted by atomic mass is 10.1. The average molecular weight is 379 g/mol. The van der Waals surface area contributed by atoms with Crippen molar-refractivity contribution in [2.24, 2.45) is 10.7 Å². The molecule has 0 aliphatic rings. The molecule has 2 heterocycles. The Labute approximate surface area is 145 Å². The number of aryl methyl sites for hydroxylation is 3. The molecule has 0 spiro atoms. The van der Waals surface area contributed by atoms with Gasteiger partial charge in [0.05, 0.1) is 6.33 Å². The zero-order chi connectivity index (χ0) is 16.5. The molecule has 2 rings (SSSR count). The van der Waals surface area contributed by atoms with Crippen LogP contribution in [0.25, 0.3) is 0 Å². The van der Waals surface area contributed by atoms with E-state index in [4.69, 9.17) is 5.73 Å². The standard InChI is InChI=1S/C16H23BrN6/c1-12-8-13(17)9-22-15(12)5-3-7-21-16(18)20-6-2-4-14-10-19-11-23-14/h8-11H,2-7H2,1H3,(H,19,23)(H3,18,20,21). The minimum atomic E-state index is 0.509. The van der Waals surface area contributed by atoms with Gasteiger partial charge in [-0.3, -0.25) is 9.98 Å². The van der Waals surface area contributed by atoms with Crippen LogP contribution in [0.1, 0.15) is 29.8 Å². The first kappa shape index (κ1) is 17.5. The van der Waals surface area contributed by atoms with Crippen LogP contribution in [0.2, 0.25) is 0 Å². The van der Waals surface area contributed by atoms with Crippen molar-refractivity contribution in [3.8, 4) is 0 Å². The van der Waals surface area contributed by atoms with Gasteiger partial charge in [0, 0.05) is 41.3 Å². The molecule has 23 heavy (non-hydrogen) atoms. The van der Waals surface area contributed by atoms with Crippen molar-refractivity contribution in [1.82, 2.24) is 20.3 Å². The molecule has 6 nitrogen and oxygen atoms in total. The van der Waals surface area contributed by atoms with Crippen LogP contribution in [-0.4, -0.2) is 34.0 Å². The predicted molar refractivity (Wildman–Crippen MR) is 96.4 cm³/mol. The Kier molecular flexibility index (Phi) is 7.06. The summed E-state index contributed by atoms with van der Waals surface area (Å²) < 4.78 is 1.02. The third-order valence-corrected chi connectivity index (χ3v) is 3.92. The van der Waals surface area contributed by atoms with Crippen LogP contribution in [-0.2, 0) is 12.8 Å². The Morgan fingerprint density at radius 1 is 1.35 bits per heavy atom. The quantitative estimate of drug-likeness (QED) is 0.373. The molecule has 2 aromatic heterocycles. The number of aromatic amines is 1. The zero-order valence-corrected chi connectivity index (χ0v) is 14.9. The van der Waals surface area contributed by atoms with Crippen molar-refractivity contribution in [1.29, 1.82) is 0 Å². The fourth-order valence-electron chi connectivity index (χ4n) is 2.25. The summed E-state index contributed by atoms with van der Waals surface area (Å²) in [4.78, 5) is 15.8. The average Bonchev–Trinajstić information content (AvgIpc) is 3.03. The number of nitrogens with two attached hydrogens (primary N) is 1. The Balaban J connectivity index is 1.60. The Morgan fingerprint density at radius 2 is 2.22 bits per heavy atom. The number of hydrogen-bond acceptors (Lipinski definition) is 3. The number of aliphatic imine (C=N–C) groups is 1. The lowest BCUT2D eigenvalue weighted by Gasteiger charge is -2.07. The predicted octanol–water partition coefficient (Wildman–Crippen LogP) is 2.35. The molecule has 4 N–H and O–H groups in total. The smallest absolute Gasteiger partial charge is 0.188 e. The summed E-state index contributed by atoms with van der Waals surface area (Å²) >= 11 is 3.43. The number of aromatic nitrogens is 3. The first-order valence-corrected chi connectivity index (χ1v) is 8.56. The Morgan fingerprint density at radius 3 is 2.96 bits per heavy atom. The molecule has 7 heteroatoms. The molecule has 2 aromatic rings. The number of nitrogens with one attached hydrogen (secondary N) is 2. The molecule has 0 atom stereocenters. The van der Waals surface area contributed by atoms with E-state index < -0.39 is 0 Å². The molecule has 0 bridgehead atoms. The molecule has 0 fully saturated rings. The number of H-pyrrole nitrogens is 1. The second-order valence-corrected chi connectivity index (χ2v) is 6.31. The highest BCUT2D eigenvalue weighted by Crippen LogP contribution is 2.13. The number of rotatable bonds is 8. The minimum Gasteiger partial charge on any atom is -0.370 e. The number of nitrogens with zero attached hydrogens (tertiary/aromatic N) is 3. The summed E-state index contributed by atoms with van der Waals surface area (Å²) in [5, 5.41) is 3.15. The van der Waals surface area contributed by atoms with E-state index in [-0.39, 0.29) is 0 Å². The highest BCUT2D eigenvalue weighted by Gasteiger charge is 2.01. The van der Waals surface area contributed by atoms with E-state index in [1.165, 1.54) is 5.56 Å². The molecule has 0 unspecified atom stereocenters. The summed E-state index contributed by atoms with van der Waals surface area (Å²) in [6.45, 7) is 3.59. The van der Waals surface area contributed by atoms with Crippen molar-refractivity contribution >= 4 is 21.9 Å². The van der Waals surface area contributed by atoms with Crippen LogP contribution in [0.15, 0.2) is 34.3 Å². The molecule has 0 aromatic carbocycles. The highest BCUT2D eigenvalue weighted by atomic mass is 79.9. The van der Waals surface area contributed by atoms with Crippen molar-refractivity contribution in [3.63, 3.8) is 0 Å². The summed E-state index contributed by atoms with van der Waals surface area (Å²) in [5.74, 6) is 0.509. The summed E-state index contributed by atoms with van der Waals surface area (Å²) in [5.41, 5.74) is 9.33. The van der Waals surface area contributed by atoms with E-state index in [0.717, 1.165) is 48.1 Å². The van der Waals surface area contributed by atoms with Gasteiger partial charge in [-0.05, 0) is 60.2 Å². The van der Waals surface area contributed by atoms with Gasteiger partial charge in [0.15, 0.2) is 5.96 Å². The maximum Gasteiger partial charge on any atom is 0.188 e. The van der Waals surface area contributed by atoms with Gasteiger partial charge in [0.1, 0.15) is 0 Å². The second-order valence-electron chi connectivity index (χ2n) is 5.39. The van der Waals surface area contributed by atoms with E-state index >= 15 is 0 Å². The van der Waals surface area contributed by atoms with Gasteiger partial charge in [0.25, 0.3) is 0 Å². The molecular formula is C16H23BrN6. The summed E-state index contributed by atoms with van der Waals surface area (Å²) in [6.07, 6.45) is 9.15. The number of guanidine groups is 1. The topological polar surface area (TPSA) is 92.0 Å². The first-order chi connectivity index (χ1) is 11.1. The van der Waals surface area contributed by atoms with Gasteiger partial charge >= 0.3 is 0 Å². The van der Waals surface area contributed by atoms with E-state index in [0.29, 0.717) is 12.5 Å². The number of pyridine rings is 1. The molecule has 0 saturated heterocycles. The van der Waals surface area contributed by atoms with Crippen LogP contribution in [0.4, 0.5) is 0 Å².